The summed E-state index contributed by atoms with van der Waals surface area (Å²) in [4.78, 5) is 0. The zero-order chi connectivity index (χ0) is 31.0. The van der Waals surface area contributed by atoms with Gasteiger partial charge in [0.15, 0.2) is 18.4 Å². The average molecular weight is 603 g/mol. The molecule has 0 amide bonds. The minimum atomic E-state index is -1.15. The first kappa shape index (κ1) is 32.6. The van der Waals surface area contributed by atoms with Gasteiger partial charge in [0.05, 0.1) is 18.3 Å². The molecule has 0 aliphatic carbocycles. The highest BCUT2D eigenvalue weighted by Gasteiger charge is 2.20. The summed E-state index contributed by atoms with van der Waals surface area (Å²) in [5.41, 5.74) is 6.22. The van der Waals surface area contributed by atoms with Gasteiger partial charge in [0.1, 0.15) is 6.73 Å². The topological polar surface area (TPSA) is 45.5 Å². The molecule has 7 heteroatoms. The first-order valence-corrected chi connectivity index (χ1v) is 19.0. The number of ether oxygens (including phenoxy) is 3. The lowest BCUT2D eigenvalue weighted by Gasteiger charge is -2.26. The van der Waals surface area contributed by atoms with Crippen molar-refractivity contribution in [3.05, 3.63) is 89.4 Å². The van der Waals surface area contributed by atoms with Crippen LogP contribution < -0.4 is 4.74 Å². The van der Waals surface area contributed by atoms with Gasteiger partial charge in [-0.05, 0) is 71.7 Å². The Morgan fingerprint density at radius 2 is 1.77 bits per heavy atom. The molecule has 43 heavy (non-hydrogen) atoms. The summed E-state index contributed by atoms with van der Waals surface area (Å²) in [6, 6.07) is 20.9. The predicted octanol–water partition coefficient (Wildman–Crippen LogP) is 9.59. The van der Waals surface area contributed by atoms with Crippen LogP contribution in [0.3, 0.4) is 0 Å². The van der Waals surface area contributed by atoms with Crippen molar-refractivity contribution in [3.8, 4) is 16.9 Å². The molecule has 5 nitrogen and oxygen atoms in total. The molecule has 0 unspecified atom stereocenters. The fraction of sp³-hybridized carbons (Fsp3) is 0.417. The number of hydrogen-bond donors (Lipinski definition) is 0. The molecule has 0 bridgehead atoms. The zero-order valence-corrected chi connectivity index (χ0v) is 27.9. The molecule has 1 heterocycles. The number of hydrogen-bond acceptors (Lipinski definition) is 4. The smallest absolute Gasteiger partial charge is 0.189 e. The SMILES string of the molecule is CCc1cc(OCOCCC(C)(C)C(C)=Cc2ccccc2)c(F)cc1-c1ccc2cnn(COCC[Si](C)(C)C)c2c1. The minimum Gasteiger partial charge on any atom is -0.464 e. The Labute approximate surface area is 257 Å². The monoisotopic (exact) mass is 602 g/mol. The molecule has 1 aromatic heterocycles. The molecule has 3 aromatic carbocycles. The summed E-state index contributed by atoms with van der Waals surface area (Å²) >= 11 is 0. The van der Waals surface area contributed by atoms with E-state index in [1.165, 1.54) is 11.1 Å². The van der Waals surface area contributed by atoms with Gasteiger partial charge in [-0.15, -0.1) is 0 Å². The van der Waals surface area contributed by atoms with Crippen molar-refractivity contribution in [1.82, 2.24) is 9.78 Å². The summed E-state index contributed by atoms with van der Waals surface area (Å²) in [5.74, 6) is -0.192. The Hall–Kier alpha value is -3.26. The van der Waals surface area contributed by atoms with Gasteiger partial charge in [-0.25, -0.2) is 9.07 Å². The van der Waals surface area contributed by atoms with Crippen molar-refractivity contribution >= 4 is 25.1 Å². The van der Waals surface area contributed by atoms with Crippen molar-refractivity contribution in [2.24, 2.45) is 5.41 Å². The van der Waals surface area contributed by atoms with E-state index in [0.717, 1.165) is 53.1 Å². The second kappa shape index (κ2) is 14.5. The van der Waals surface area contributed by atoms with Crippen molar-refractivity contribution in [2.45, 2.75) is 73.0 Å². The molecule has 4 aromatic rings. The van der Waals surface area contributed by atoms with Gasteiger partial charge in [-0.1, -0.05) is 94.5 Å². The van der Waals surface area contributed by atoms with Gasteiger partial charge in [0, 0.05) is 20.1 Å². The van der Waals surface area contributed by atoms with Crippen LogP contribution in [0.15, 0.2) is 72.4 Å². The zero-order valence-electron chi connectivity index (χ0n) is 26.9. The third kappa shape index (κ3) is 9.11. The molecule has 0 aliphatic heterocycles. The van der Waals surface area contributed by atoms with E-state index in [-0.39, 0.29) is 18.0 Å². The van der Waals surface area contributed by atoms with E-state index >= 15 is 4.39 Å². The van der Waals surface area contributed by atoms with E-state index in [0.29, 0.717) is 13.3 Å². The lowest BCUT2D eigenvalue weighted by molar-refractivity contribution is 0.00419. The first-order chi connectivity index (χ1) is 20.5. The average Bonchev–Trinajstić information content (AvgIpc) is 3.37. The van der Waals surface area contributed by atoms with Crippen molar-refractivity contribution in [2.75, 3.05) is 20.0 Å². The van der Waals surface area contributed by atoms with Crippen LogP contribution in [0.2, 0.25) is 25.7 Å². The maximum atomic E-state index is 15.3. The van der Waals surface area contributed by atoms with Gasteiger partial charge < -0.3 is 14.2 Å². The Morgan fingerprint density at radius 3 is 2.49 bits per heavy atom. The summed E-state index contributed by atoms with van der Waals surface area (Å²) in [5, 5.41) is 5.55. The second-order valence-electron chi connectivity index (χ2n) is 13.1. The molecule has 0 fully saturated rings. The maximum absolute atomic E-state index is 15.3. The van der Waals surface area contributed by atoms with E-state index < -0.39 is 13.9 Å². The van der Waals surface area contributed by atoms with Gasteiger partial charge in [-0.3, -0.25) is 0 Å². The van der Waals surface area contributed by atoms with Crippen LogP contribution in [-0.2, 0) is 22.6 Å². The number of fused-ring (bicyclic) bond motifs is 1. The number of halogens is 1. The molecule has 0 saturated heterocycles. The number of allylic oxidation sites excluding steroid dienone is 1. The molecule has 0 spiro atoms. The summed E-state index contributed by atoms with van der Waals surface area (Å²) in [7, 11) is -1.15. The van der Waals surface area contributed by atoms with Crippen molar-refractivity contribution < 1.29 is 18.6 Å². The Bertz CT molecular complexity index is 1520. The molecule has 0 N–H and O–H groups in total. The number of rotatable bonds is 15. The standard InChI is InChI=1S/C36H47FN2O3Si/c1-8-29-22-35(42-26-41-17-16-36(3,4)27(2)20-28-12-10-9-11-13-28)33(37)23-32(29)30-14-15-31-24-38-39(34(31)21-30)25-40-18-19-43(5,6)7/h9-15,20-24H,8,16-19,25-26H2,1-7H3. The molecular weight excluding hydrogens is 555 g/mol. The molecule has 0 radical (unpaired) electrons. The number of aromatic nitrogens is 2. The normalized spacial score (nSPS) is 12.7. The lowest BCUT2D eigenvalue weighted by atomic mass is 9.81. The highest BCUT2D eigenvalue weighted by atomic mass is 28.3. The van der Waals surface area contributed by atoms with Gasteiger partial charge in [0.2, 0.25) is 0 Å². The highest BCUT2D eigenvalue weighted by Crippen LogP contribution is 2.33. The Balaban J connectivity index is 1.37. The lowest BCUT2D eigenvalue weighted by Crippen LogP contribution is -2.22. The van der Waals surface area contributed by atoms with Gasteiger partial charge >= 0.3 is 0 Å². The predicted molar refractivity (Wildman–Crippen MR) is 179 cm³/mol. The van der Waals surface area contributed by atoms with Crippen LogP contribution in [0.4, 0.5) is 4.39 Å². The quantitative estimate of drug-likeness (QED) is 0.0772. The molecular formula is C36H47FN2O3Si. The van der Waals surface area contributed by atoms with Crippen LogP contribution in [-0.4, -0.2) is 37.9 Å². The minimum absolute atomic E-state index is 0.000204. The van der Waals surface area contributed by atoms with E-state index in [1.807, 2.05) is 41.2 Å². The fourth-order valence-corrected chi connectivity index (χ4v) is 5.58. The number of aryl methyl sites for hydroxylation is 1. The molecule has 4 rings (SSSR count). The van der Waals surface area contributed by atoms with E-state index in [1.54, 1.807) is 12.1 Å². The largest absolute Gasteiger partial charge is 0.464 e. The van der Waals surface area contributed by atoms with Crippen LogP contribution in [0.1, 0.15) is 45.2 Å². The molecule has 230 valence electrons. The first-order valence-electron chi connectivity index (χ1n) is 15.3. The van der Waals surface area contributed by atoms with E-state index in [4.69, 9.17) is 14.2 Å². The summed E-state index contributed by atoms with van der Waals surface area (Å²) in [6.45, 7) is 17.3. The molecule has 0 atom stereocenters. The highest BCUT2D eigenvalue weighted by molar-refractivity contribution is 6.76. The van der Waals surface area contributed by atoms with Crippen LogP contribution in [0.5, 0.6) is 5.75 Å². The van der Waals surface area contributed by atoms with Crippen molar-refractivity contribution in [3.63, 3.8) is 0 Å². The van der Waals surface area contributed by atoms with E-state index in [9.17, 15) is 0 Å². The maximum Gasteiger partial charge on any atom is 0.189 e. The Kier molecular flexibility index (Phi) is 11.0. The fourth-order valence-electron chi connectivity index (χ4n) is 4.82. The number of benzene rings is 3. The van der Waals surface area contributed by atoms with E-state index in [2.05, 4.69) is 76.7 Å². The Morgan fingerprint density at radius 1 is 1.00 bits per heavy atom. The third-order valence-corrected chi connectivity index (χ3v) is 9.83. The summed E-state index contributed by atoms with van der Waals surface area (Å²) < 4.78 is 34.6. The van der Waals surface area contributed by atoms with Crippen LogP contribution in [0, 0.1) is 11.2 Å². The number of nitrogens with zero attached hydrogens (tertiary/aromatic N) is 2. The third-order valence-electron chi connectivity index (χ3n) is 8.12. The van der Waals surface area contributed by atoms with Crippen LogP contribution >= 0.6 is 0 Å². The van der Waals surface area contributed by atoms with Gasteiger partial charge in [0.25, 0.3) is 0 Å². The molecule has 0 saturated carbocycles. The van der Waals surface area contributed by atoms with Gasteiger partial charge in [-0.2, -0.15) is 5.10 Å². The molecule has 0 aliphatic rings. The summed E-state index contributed by atoms with van der Waals surface area (Å²) in [6.07, 6.45) is 5.64. The second-order valence-corrected chi connectivity index (χ2v) is 18.7. The van der Waals surface area contributed by atoms with Crippen molar-refractivity contribution in [1.29, 1.82) is 0 Å². The van der Waals surface area contributed by atoms with Crippen LogP contribution in [0.25, 0.3) is 28.1 Å².